The van der Waals surface area contributed by atoms with Gasteiger partial charge in [0.05, 0.1) is 0 Å². The summed E-state index contributed by atoms with van der Waals surface area (Å²) in [6, 6.07) is 6.79. The SMILES string of the molecule is O=[C]Nc1ccc(Cl)cc1. The first-order chi connectivity index (χ1) is 4.83. The minimum absolute atomic E-state index is 0.649. The van der Waals surface area contributed by atoms with E-state index in [9.17, 15) is 4.79 Å². The third-order valence-electron chi connectivity index (χ3n) is 1.04. The molecule has 0 aliphatic rings. The zero-order valence-electron chi connectivity index (χ0n) is 5.10. The summed E-state index contributed by atoms with van der Waals surface area (Å²) < 4.78 is 0. The van der Waals surface area contributed by atoms with E-state index >= 15 is 0 Å². The van der Waals surface area contributed by atoms with Crippen molar-refractivity contribution in [2.45, 2.75) is 0 Å². The molecule has 0 atom stereocenters. The predicted molar refractivity (Wildman–Crippen MR) is 40.8 cm³/mol. The van der Waals surface area contributed by atoms with Crippen molar-refractivity contribution in [3.63, 3.8) is 0 Å². The van der Waals surface area contributed by atoms with Crippen LogP contribution in [0.1, 0.15) is 0 Å². The molecule has 1 rings (SSSR count). The highest BCUT2D eigenvalue weighted by molar-refractivity contribution is 6.30. The van der Waals surface area contributed by atoms with Gasteiger partial charge in [0.1, 0.15) is 0 Å². The smallest absolute Gasteiger partial charge is 0.314 e. The van der Waals surface area contributed by atoms with E-state index in [-0.39, 0.29) is 0 Å². The highest BCUT2D eigenvalue weighted by Gasteiger charge is 1.88. The van der Waals surface area contributed by atoms with Crippen LogP contribution >= 0.6 is 11.6 Å². The number of hydrogen-bond acceptors (Lipinski definition) is 1. The molecule has 1 radical (unpaired) electrons. The summed E-state index contributed by atoms with van der Waals surface area (Å²) in [5.41, 5.74) is 0.694. The molecule has 10 heavy (non-hydrogen) atoms. The van der Waals surface area contributed by atoms with Gasteiger partial charge in [-0.3, -0.25) is 4.79 Å². The van der Waals surface area contributed by atoms with Crippen LogP contribution < -0.4 is 5.32 Å². The molecule has 1 N–H and O–H groups in total. The quantitative estimate of drug-likeness (QED) is 0.647. The van der Waals surface area contributed by atoms with Crippen LogP contribution in [0.2, 0.25) is 5.02 Å². The van der Waals surface area contributed by atoms with E-state index in [1.54, 1.807) is 30.7 Å². The lowest BCUT2D eigenvalue weighted by Gasteiger charge is -1.94. The van der Waals surface area contributed by atoms with Gasteiger partial charge in [-0.25, -0.2) is 0 Å². The molecular weight excluding hydrogens is 150 g/mol. The molecule has 1 aromatic rings. The van der Waals surface area contributed by atoms with Crippen LogP contribution in [0.5, 0.6) is 0 Å². The predicted octanol–water partition coefficient (Wildman–Crippen LogP) is 1.82. The van der Waals surface area contributed by atoms with Crippen molar-refractivity contribution in [3.8, 4) is 0 Å². The maximum Gasteiger partial charge on any atom is 0.314 e. The van der Waals surface area contributed by atoms with E-state index in [2.05, 4.69) is 5.32 Å². The lowest BCUT2D eigenvalue weighted by molar-refractivity contribution is 0.561. The first kappa shape index (κ1) is 7.09. The molecule has 0 heterocycles. The van der Waals surface area contributed by atoms with Crippen LogP contribution in [-0.2, 0) is 4.79 Å². The molecule has 0 saturated heterocycles. The lowest BCUT2D eigenvalue weighted by atomic mass is 10.3. The Balaban J connectivity index is 2.78. The fourth-order valence-corrected chi connectivity index (χ4v) is 0.718. The Morgan fingerprint density at radius 3 is 2.40 bits per heavy atom. The van der Waals surface area contributed by atoms with Crippen molar-refractivity contribution in [1.82, 2.24) is 0 Å². The normalized spacial score (nSPS) is 8.90. The highest BCUT2D eigenvalue weighted by atomic mass is 35.5. The van der Waals surface area contributed by atoms with Crippen LogP contribution in [0.15, 0.2) is 24.3 Å². The minimum Gasteiger partial charge on any atom is -0.318 e. The molecule has 0 aliphatic heterocycles. The molecule has 0 aromatic heterocycles. The van der Waals surface area contributed by atoms with Gasteiger partial charge in [-0.15, -0.1) is 0 Å². The van der Waals surface area contributed by atoms with Crippen molar-refractivity contribution in [2.75, 3.05) is 5.32 Å². The maximum absolute atomic E-state index is 9.79. The third-order valence-corrected chi connectivity index (χ3v) is 1.29. The zero-order valence-corrected chi connectivity index (χ0v) is 5.85. The molecule has 0 bridgehead atoms. The number of hydrogen-bond donors (Lipinski definition) is 1. The fourth-order valence-electron chi connectivity index (χ4n) is 0.592. The summed E-state index contributed by atoms with van der Waals surface area (Å²) in [4.78, 5) is 9.79. The summed E-state index contributed by atoms with van der Waals surface area (Å²) in [7, 11) is 0. The molecule has 0 spiro atoms. The second kappa shape index (κ2) is 3.22. The molecule has 51 valence electrons. The number of benzene rings is 1. The Morgan fingerprint density at radius 1 is 1.30 bits per heavy atom. The second-order valence-corrected chi connectivity index (χ2v) is 2.17. The van der Waals surface area contributed by atoms with Gasteiger partial charge in [-0.1, -0.05) is 11.6 Å². The monoisotopic (exact) mass is 154 g/mol. The summed E-state index contributed by atoms with van der Waals surface area (Å²) in [5.74, 6) is 0. The van der Waals surface area contributed by atoms with Crippen molar-refractivity contribution < 1.29 is 4.79 Å². The fraction of sp³-hybridized carbons (Fsp3) is 0. The topological polar surface area (TPSA) is 29.1 Å². The first-order valence-corrected chi connectivity index (χ1v) is 3.09. The Labute approximate surface area is 63.8 Å². The summed E-state index contributed by atoms with van der Waals surface area (Å²) in [6.07, 6.45) is 1.56. The van der Waals surface area contributed by atoms with Crippen molar-refractivity contribution in [3.05, 3.63) is 29.3 Å². The van der Waals surface area contributed by atoms with Crippen LogP contribution in [0.3, 0.4) is 0 Å². The molecule has 1 aromatic carbocycles. The van der Waals surface area contributed by atoms with Gasteiger partial charge in [0, 0.05) is 10.7 Å². The van der Waals surface area contributed by atoms with Gasteiger partial charge in [-0.2, -0.15) is 0 Å². The Hall–Kier alpha value is -1.02. The van der Waals surface area contributed by atoms with Crippen LogP contribution in [0, 0.1) is 0 Å². The van der Waals surface area contributed by atoms with Crippen molar-refractivity contribution >= 4 is 23.7 Å². The highest BCUT2D eigenvalue weighted by Crippen LogP contribution is 2.12. The van der Waals surface area contributed by atoms with Gasteiger partial charge in [0.15, 0.2) is 0 Å². The maximum atomic E-state index is 9.79. The molecule has 0 unspecified atom stereocenters. The zero-order chi connectivity index (χ0) is 7.40. The van der Waals surface area contributed by atoms with Gasteiger partial charge in [0.2, 0.25) is 0 Å². The van der Waals surface area contributed by atoms with E-state index in [0.29, 0.717) is 10.7 Å². The Bertz CT molecular complexity index is 220. The van der Waals surface area contributed by atoms with E-state index in [0.717, 1.165) is 0 Å². The number of halogens is 1. The van der Waals surface area contributed by atoms with Crippen molar-refractivity contribution in [2.24, 2.45) is 0 Å². The van der Waals surface area contributed by atoms with Gasteiger partial charge in [-0.05, 0) is 24.3 Å². The lowest BCUT2D eigenvalue weighted by Crippen LogP contribution is -1.91. The van der Waals surface area contributed by atoms with Crippen LogP contribution in [0.25, 0.3) is 0 Å². The first-order valence-electron chi connectivity index (χ1n) is 2.71. The number of anilines is 1. The Morgan fingerprint density at radius 2 is 1.90 bits per heavy atom. The Kier molecular flexibility index (Phi) is 2.29. The molecule has 0 saturated carbocycles. The number of carbonyl (C=O) groups excluding carboxylic acids is 1. The average Bonchev–Trinajstić information content (AvgIpc) is 1.95. The van der Waals surface area contributed by atoms with Gasteiger partial charge in [0.25, 0.3) is 0 Å². The average molecular weight is 155 g/mol. The molecule has 0 aliphatic carbocycles. The van der Waals surface area contributed by atoms with Crippen molar-refractivity contribution in [1.29, 1.82) is 0 Å². The van der Waals surface area contributed by atoms with Crippen LogP contribution in [-0.4, -0.2) is 6.41 Å². The van der Waals surface area contributed by atoms with E-state index in [4.69, 9.17) is 11.6 Å². The molecule has 3 heteroatoms. The van der Waals surface area contributed by atoms with E-state index in [1.165, 1.54) is 0 Å². The largest absolute Gasteiger partial charge is 0.318 e. The number of nitrogens with one attached hydrogen (secondary N) is 1. The molecule has 2 nitrogen and oxygen atoms in total. The molecular formula is C7H5ClNO. The second-order valence-electron chi connectivity index (χ2n) is 1.73. The van der Waals surface area contributed by atoms with E-state index < -0.39 is 0 Å². The standard InChI is InChI=1S/C7H5ClNO/c8-6-1-3-7(4-2-6)9-5-10/h1-4H,(H,9,10). The molecule has 0 fully saturated rings. The summed E-state index contributed by atoms with van der Waals surface area (Å²) in [5, 5.41) is 3.02. The van der Waals surface area contributed by atoms with Gasteiger partial charge >= 0.3 is 6.41 Å². The van der Waals surface area contributed by atoms with Gasteiger partial charge < -0.3 is 5.32 Å². The number of amides is 1. The number of rotatable bonds is 2. The summed E-state index contributed by atoms with van der Waals surface area (Å²) >= 11 is 5.59. The molecule has 1 amide bonds. The van der Waals surface area contributed by atoms with Crippen LogP contribution in [0.4, 0.5) is 5.69 Å². The minimum atomic E-state index is 0.649. The summed E-state index contributed by atoms with van der Waals surface area (Å²) in [6.45, 7) is 0. The van der Waals surface area contributed by atoms with E-state index in [1.807, 2.05) is 0 Å². The third kappa shape index (κ3) is 1.74.